The lowest BCUT2D eigenvalue weighted by atomic mass is 10.1. The van der Waals surface area contributed by atoms with Crippen molar-refractivity contribution in [2.45, 2.75) is 26.3 Å². The maximum Gasteiger partial charge on any atom is 0.335 e. The molecule has 3 aromatic heterocycles. The molecule has 0 aliphatic heterocycles. The van der Waals surface area contributed by atoms with Crippen molar-refractivity contribution in [3.8, 4) is 11.4 Å². The average molecular weight is 295 g/mol. The van der Waals surface area contributed by atoms with Gasteiger partial charge in [-0.2, -0.15) is 0 Å². The number of unbranched alkanes of at least 4 members (excludes halogenated alkanes) is 1. The maximum absolute atomic E-state index is 11.0. The maximum atomic E-state index is 11.0. The molecule has 0 saturated heterocycles. The Kier molecular flexibility index (Phi) is 3.87. The lowest BCUT2D eigenvalue weighted by molar-refractivity contribution is 0.0697. The van der Waals surface area contributed by atoms with Gasteiger partial charge >= 0.3 is 5.97 Å². The average Bonchev–Trinajstić information content (AvgIpc) is 2.95. The Labute approximate surface area is 128 Å². The molecular formula is C17H17N3O2. The molecule has 112 valence electrons. The minimum absolute atomic E-state index is 0.215. The Bertz CT molecular complexity index is 824. The van der Waals surface area contributed by atoms with Crippen LogP contribution in [0.2, 0.25) is 0 Å². The van der Waals surface area contributed by atoms with Gasteiger partial charge in [0.15, 0.2) is 0 Å². The molecule has 0 atom stereocenters. The van der Waals surface area contributed by atoms with Crippen LogP contribution in [-0.4, -0.2) is 25.6 Å². The van der Waals surface area contributed by atoms with E-state index in [4.69, 9.17) is 5.11 Å². The molecule has 1 N–H and O–H groups in total. The van der Waals surface area contributed by atoms with Gasteiger partial charge in [-0.3, -0.25) is 9.97 Å². The third kappa shape index (κ3) is 2.70. The van der Waals surface area contributed by atoms with Crippen LogP contribution >= 0.6 is 0 Å². The van der Waals surface area contributed by atoms with Crippen LogP contribution in [0.25, 0.3) is 22.3 Å². The molecule has 0 spiro atoms. The summed E-state index contributed by atoms with van der Waals surface area (Å²) in [5.41, 5.74) is 2.56. The second-order valence-corrected chi connectivity index (χ2v) is 5.23. The molecule has 0 bridgehead atoms. The van der Waals surface area contributed by atoms with Crippen molar-refractivity contribution in [3.63, 3.8) is 0 Å². The molecule has 5 heteroatoms. The molecule has 0 unspecified atom stereocenters. The van der Waals surface area contributed by atoms with Crippen molar-refractivity contribution in [2.75, 3.05) is 0 Å². The van der Waals surface area contributed by atoms with Crippen LogP contribution < -0.4 is 0 Å². The van der Waals surface area contributed by atoms with Gasteiger partial charge in [0.1, 0.15) is 0 Å². The number of aromatic nitrogens is 3. The summed E-state index contributed by atoms with van der Waals surface area (Å²) in [5.74, 6) is -0.963. The van der Waals surface area contributed by atoms with Crippen LogP contribution in [0.4, 0.5) is 0 Å². The highest BCUT2D eigenvalue weighted by Gasteiger charge is 2.09. The fourth-order valence-corrected chi connectivity index (χ4v) is 2.45. The number of nitrogens with zero attached hydrogens (tertiary/aromatic N) is 3. The fraction of sp³-hybridized carbons (Fsp3) is 0.235. The zero-order valence-corrected chi connectivity index (χ0v) is 12.4. The Balaban J connectivity index is 1.99. The predicted molar refractivity (Wildman–Crippen MR) is 84.8 cm³/mol. The van der Waals surface area contributed by atoms with E-state index in [0.29, 0.717) is 11.4 Å². The first kappa shape index (κ1) is 14.3. The number of hydrogen-bond donors (Lipinski definition) is 1. The minimum Gasteiger partial charge on any atom is -0.478 e. The van der Waals surface area contributed by atoms with Gasteiger partial charge in [-0.25, -0.2) is 4.79 Å². The monoisotopic (exact) mass is 295 g/mol. The van der Waals surface area contributed by atoms with Gasteiger partial charge in [-0.1, -0.05) is 13.3 Å². The summed E-state index contributed by atoms with van der Waals surface area (Å²) < 4.78 is 2.19. The quantitative estimate of drug-likeness (QED) is 0.781. The van der Waals surface area contributed by atoms with Crippen molar-refractivity contribution in [1.29, 1.82) is 0 Å². The summed E-state index contributed by atoms with van der Waals surface area (Å²) in [6.45, 7) is 3.15. The topological polar surface area (TPSA) is 68.0 Å². The predicted octanol–water partition coefficient (Wildman–Crippen LogP) is 3.60. The summed E-state index contributed by atoms with van der Waals surface area (Å²) in [6, 6.07) is 7.03. The highest BCUT2D eigenvalue weighted by Crippen LogP contribution is 2.22. The van der Waals surface area contributed by atoms with E-state index in [9.17, 15) is 4.79 Å². The van der Waals surface area contributed by atoms with Gasteiger partial charge < -0.3 is 9.67 Å². The lowest BCUT2D eigenvalue weighted by Gasteiger charge is -2.05. The van der Waals surface area contributed by atoms with Crippen molar-refractivity contribution in [1.82, 2.24) is 14.5 Å². The molecule has 3 rings (SSSR count). The van der Waals surface area contributed by atoms with Gasteiger partial charge in [0.2, 0.25) is 0 Å². The Morgan fingerprint density at radius 1 is 1.23 bits per heavy atom. The normalized spacial score (nSPS) is 11.0. The van der Waals surface area contributed by atoms with E-state index in [1.54, 1.807) is 6.07 Å². The number of aryl methyl sites for hydroxylation is 1. The van der Waals surface area contributed by atoms with Crippen LogP contribution in [0.15, 0.2) is 42.9 Å². The molecule has 0 amide bonds. The SMILES string of the molecule is CCCCn1ccc2cc(-c3cc(C(=O)O)ccn3)ncc21. The second kappa shape index (κ2) is 5.97. The number of hydrogen-bond acceptors (Lipinski definition) is 3. The van der Waals surface area contributed by atoms with E-state index in [2.05, 4.69) is 33.7 Å². The van der Waals surface area contributed by atoms with E-state index in [1.807, 2.05) is 12.3 Å². The molecule has 5 nitrogen and oxygen atoms in total. The van der Waals surface area contributed by atoms with E-state index in [-0.39, 0.29) is 5.56 Å². The molecule has 22 heavy (non-hydrogen) atoms. The zero-order valence-electron chi connectivity index (χ0n) is 12.4. The molecular weight excluding hydrogens is 278 g/mol. The smallest absolute Gasteiger partial charge is 0.335 e. The third-order valence-corrected chi connectivity index (χ3v) is 3.68. The fourth-order valence-electron chi connectivity index (χ4n) is 2.45. The van der Waals surface area contributed by atoms with Crippen molar-refractivity contribution < 1.29 is 9.90 Å². The third-order valence-electron chi connectivity index (χ3n) is 3.68. The van der Waals surface area contributed by atoms with Crippen LogP contribution in [0, 0.1) is 0 Å². The largest absolute Gasteiger partial charge is 0.478 e. The number of aromatic carboxylic acids is 1. The summed E-state index contributed by atoms with van der Waals surface area (Å²) in [6.07, 6.45) is 7.67. The Morgan fingerprint density at radius 2 is 2.05 bits per heavy atom. The number of rotatable bonds is 5. The first-order chi connectivity index (χ1) is 10.7. The number of carbonyl (C=O) groups is 1. The van der Waals surface area contributed by atoms with Crippen molar-refractivity contribution in [3.05, 3.63) is 48.4 Å². The summed E-state index contributed by atoms with van der Waals surface area (Å²) in [4.78, 5) is 19.7. The van der Waals surface area contributed by atoms with Gasteiger partial charge in [0.05, 0.1) is 28.7 Å². The van der Waals surface area contributed by atoms with Crippen molar-refractivity contribution >= 4 is 16.9 Å². The summed E-state index contributed by atoms with van der Waals surface area (Å²) >= 11 is 0. The molecule has 0 fully saturated rings. The first-order valence-corrected chi connectivity index (χ1v) is 7.33. The standard InChI is InChI=1S/C17H17N3O2/c1-2-3-7-20-8-5-12-9-15(19-11-16(12)20)14-10-13(17(21)22)4-6-18-14/h4-6,8-11H,2-3,7H2,1H3,(H,21,22). The van der Waals surface area contributed by atoms with Crippen LogP contribution in [0.1, 0.15) is 30.1 Å². The molecule has 0 aliphatic rings. The number of fused-ring (bicyclic) bond motifs is 1. The number of pyridine rings is 2. The molecule has 3 heterocycles. The summed E-state index contributed by atoms with van der Waals surface area (Å²) in [5, 5.41) is 10.1. The number of carboxylic acid groups (broad SMARTS) is 1. The first-order valence-electron chi connectivity index (χ1n) is 7.33. The minimum atomic E-state index is -0.963. The van der Waals surface area contributed by atoms with Gasteiger partial charge in [-0.15, -0.1) is 0 Å². The van der Waals surface area contributed by atoms with Gasteiger partial charge in [0, 0.05) is 24.3 Å². The molecule has 0 saturated carbocycles. The van der Waals surface area contributed by atoms with Gasteiger partial charge in [0.25, 0.3) is 0 Å². The van der Waals surface area contributed by atoms with Crippen LogP contribution in [0.3, 0.4) is 0 Å². The molecule has 0 aliphatic carbocycles. The van der Waals surface area contributed by atoms with E-state index >= 15 is 0 Å². The zero-order chi connectivity index (χ0) is 15.5. The lowest BCUT2D eigenvalue weighted by Crippen LogP contribution is -1.98. The van der Waals surface area contributed by atoms with Gasteiger partial charge in [-0.05, 0) is 30.7 Å². The van der Waals surface area contributed by atoms with E-state index < -0.39 is 5.97 Å². The Hall–Kier alpha value is -2.69. The van der Waals surface area contributed by atoms with E-state index in [1.165, 1.54) is 12.3 Å². The number of carboxylic acids is 1. The Morgan fingerprint density at radius 3 is 2.82 bits per heavy atom. The molecule has 0 radical (unpaired) electrons. The second-order valence-electron chi connectivity index (χ2n) is 5.23. The van der Waals surface area contributed by atoms with Crippen molar-refractivity contribution in [2.24, 2.45) is 0 Å². The summed E-state index contributed by atoms with van der Waals surface area (Å²) in [7, 11) is 0. The molecule has 3 aromatic rings. The van der Waals surface area contributed by atoms with Crippen LogP contribution in [-0.2, 0) is 6.54 Å². The van der Waals surface area contributed by atoms with E-state index in [0.717, 1.165) is 30.3 Å². The highest BCUT2D eigenvalue weighted by molar-refractivity contribution is 5.89. The highest BCUT2D eigenvalue weighted by atomic mass is 16.4. The molecule has 0 aromatic carbocycles. The van der Waals surface area contributed by atoms with Crippen LogP contribution in [0.5, 0.6) is 0 Å².